The smallest absolute Gasteiger partial charge is 0.276 e. The lowest BCUT2D eigenvalue weighted by atomic mass is 10.3. The molecule has 0 saturated heterocycles. The highest BCUT2D eigenvalue weighted by molar-refractivity contribution is 5.54. The Labute approximate surface area is 119 Å². The minimum absolute atomic E-state index is 0.0376. The summed E-state index contributed by atoms with van der Waals surface area (Å²) in [6.45, 7) is 8.10. The van der Waals surface area contributed by atoms with Gasteiger partial charge in [-0.25, -0.2) is 4.98 Å². The summed E-state index contributed by atoms with van der Waals surface area (Å²) in [7, 11) is 1.69. The lowest BCUT2D eigenvalue weighted by Gasteiger charge is -2.17. The van der Waals surface area contributed by atoms with Crippen molar-refractivity contribution in [2.75, 3.05) is 43.9 Å². The Morgan fingerprint density at radius 1 is 1.30 bits per heavy atom. The summed E-state index contributed by atoms with van der Waals surface area (Å²) in [5.41, 5.74) is 0.0376. The SMILES string of the molecule is CCN(CC)CCCNc1cc([N+](=O)[O-])cc(NC)n1. The van der Waals surface area contributed by atoms with Crippen molar-refractivity contribution >= 4 is 17.3 Å². The number of rotatable bonds is 9. The van der Waals surface area contributed by atoms with E-state index in [2.05, 4.69) is 34.4 Å². The molecule has 0 unspecified atom stereocenters. The second-order valence-electron chi connectivity index (χ2n) is 4.41. The first kappa shape index (κ1) is 16.2. The third kappa shape index (κ3) is 5.00. The van der Waals surface area contributed by atoms with Crippen molar-refractivity contribution in [3.63, 3.8) is 0 Å². The third-order valence-corrected chi connectivity index (χ3v) is 3.13. The van der Waals surface area contributed by atoms with Crippen molar-refractivity contribution in [1.29, 1.82) is 0 Å². The first-order valence-electron chi connectivity index (χ1n) is 6.91. The van der Waals surface area contributed by atoms with Gasteiger partial charge in [-0.05, 0) is 26.1 Å². The van der Waals surface area contributed by atoms with Gasteiger partial charge in [-0.15, -0.1) is 0 Å². The van der Waals surface area contributed by atoms with Gasteiger partial charge in [-0.1, -0.05) is 13.8 Å². The normalized spacial score (nSPS) is 10.6. The molecule has 1 aromatic rings. The van der Waals surface area contributed by atoms with Gasteiger partial charge in [0.2, 0.25) is 0 Å². The molecule has 1 heterocycles. The molecular weight excluding hydrogens is 258 g/mol. The van der Waals surface area contributed by atoms with Crippen LogP contribution in [-0.2, 0) is 0 Å². The van der Waals surface area contributed by atoms with E-state index in [1.165, 1.54) is 12.1 Å². The van der Waals surface area contributed by atoms with Crippen LogP contribution >= 0.6 is 0 Å². The molecule has 0 amide bonds. The van der Waals surface area contributed by atoms with E-state index in [1.54, 1.807) is 7.05 Å². The molecule has 0 bridgehead atoms. The zero-order valence-corrected chi connectivity index (χ0v) is 12.3. The molecule has 0 aliphatic rings. The van der Waals surface area contributed by atoms with Gasteiger partial charge in [0.05, 0.1) is 17.1 Å². The average molecular weight is 281 g/mol. The Balaban J connectivity index is 2.55. The maximum absolute atomic E-state index is 10.8. The van der Waals surface area contributed by atoms with Crippen LogP contribution in [0, 0.1) is 10.1 Å². The molecule has 7 heteroatoms. The van der Waals surface area contributed by atoms with Crippen LogP contribution in [0.2, 0.25) is 0 Å². The second kappa shape index (κ2) is 8.31. The lowest BCUT2D eigenvalue weighted by molar-refractivity contribution is -0.384. The van der Waals surface area contributed by atoms with Crippen molar-refractivity contribution in [2.24, 2.45) is 0 Å². The average Bonchev–Trinajstić information content (AvgIpc) is 2.47. The Morgan fingerprint density at radius 2 is 1.95 bits per heavy atom. The molecule has 0 saturated carbocycles. The van der Waals surface area contributed by atoms with E-state index >= 15 is 0 Å². The number of hydrogen-bond donors (Lipinski definition) is 2. The van der Waals surface area contributed by atoms with Crippen molar-refractivity contribution in [3.05, 3.63) is 22.2 Å². The van der Waals surface area contributed by atoms with Crippen molar-refractivity contribution in [1.82, 2.24) is 9.88 Å². The Kier molecular flexibility index (Phi) is 6.72. The van der Waals surface area contributed by atoms with E-state index in [9.17, 15) is 10.1 Å². The summed E-state index contributed by atoms with van der Waals surface area (Å²) in [5.74, 6) is 1.02. The fourth-order valence-electron chi connectivity index (χ4n) is 1.90. The highest BCUT2D eigenvalue weighted by Gasteiger charge is 2.10. The second-order valence-corrected chi connectivity index (χ2v) is 4.41. The molecule has 2 N–H and O–H groups in total. The molecule has 0 aromatic carbocycles. The van der Waals surface area contributed by atoms with Crippen LogP contribution in [0.3, 0.4) is 0 Å². The maximum atomic E-state index is 10.8. The molecule has 0 aliphatic carbocycles. The topological polar surface area (TPSA) is 83.3 Å². The highest BCUT2D eigenvalue weighted by Crippen LogP contribution is 2.20. The first-order chi connectivity index (χ1) is 9.60. The van der Waals surface area contributed by atoms with Gasteiger partial charge in [0.1, 0.15) is 11.6 Å². The van der Waals surface area contributed by atoms with Crippen molar-refractivity contribution in [2.45, 2.75) is 20.3 Å². The molecular formula is C13H23N5O2. The molecule has 0 spiro atoms. The summed E-state index contributed by atoms with van der Waals surface area (Å²) < 4.78 is 0. The van der Waals surface area contributed by atoms with Gasteiger partial charge in [-0.3, -0.25) is 10.1 Å². The van der Waals surface area contributed by atoms with Crippen LogP contribution in [0.25, 0.3) is 0 Å². The number of aromatic nitrogens is 1. The minimum atomic E-state index is -0.413. The van der Waals surface area contributed by atoms with Gasteiger partial charge in [0.25, 0.3) is 5.69 Å². The summed E-state index contributed by atoms with van der Waals surface area (Å²) >= 11 is 0. The molecule has 1 aromatic heterocycles. The summed E-state index contributed by atoms with van der Waals surface area (Å²) in [6.07, 6.45) is 0.973. The predicted molar refractivity (Wildman–Crippen MR) is 81.3 cm³/mol. The molecule has 0 atom stereocenters. The predicted octanol–water partition coefficient (Wildman–Crippen LogP) is 2.18. The molecule has 112 valence electrons. The van der Waals surface area contributed by atoms with Crippen LogP contribution in [0.5, 0.6) is 0 Å². The Morgan fingerprint density at radius 3 is 2.50 bits per heavy atom. The van der Waals surface area contributed by atoms with Crippen LogP contribution in [0.15, 0.2) is 12.1 Å². The summed E-state index contributed by atoms with van der Waals surface area (Å²) in [4.78, 5) is 17.0. The van der Waals surface area contributed by atoms with Gasteiger partial charge < -0.3 is 15.5 Å². The van der Waals surface area contributed by atoms with E-state index in [1.807, 2.05) is 0 Å². The van der Waals surface area contributed by atoms with Crippen molar-refractivity contribution in [3.8, 4) is 0 Å². The lowest BCUT2D eigenvalue weighted by Crippen LogP contribution is -2.25. The van der Waals surface area contributed by atoms with E-state index in [4.69, 9.17) is 0 Å². The third-order valence-electron chi connectivity index (χ3n) is 3.13. The van der Waals surface area contributed by atoms with Crippen LogP contribution < -0.4 is 10.6 Å². The largest absolute Gasteiger partial charge is 0.373 e. The number of nitrogens with one attached hydrogen (secondary N) is 2. The van der Waals surface area contributed by atoms with Crippen LogP contribution in [-0.4, -0.2) is 48.0 Å². The van der Waals surface area contributed by atoms with E-state index in [-0.39, 0.29) is 5.69 Å². The number of hydrogen-bond acceptors (Lipinski definition) is 6. The monoisotopic (exact) mass is 281 g/mol. The molecule has 0 fully saturated rings. The van der Waals surface area contributed by atoms with Gasteiger partial charge >= 0.3 is 0 Å². The standard InChI is InChI=1S/C13H23N5O2/c1-4-17(5-2)8-6-7-15-13-10-11(18(19)20)9-12(14-3)16-13/h9-10H,4-8H2,1-3H3,(H2,14,15,16). The number of pyridine rings is 1. The van der Waals surface area contributed by atoms with E-state index < -0.39 is 4.92 Å². The van der Waals surface area contributed by atoms with E-state index in [0.29, 0.717) is 11.6 Å². The zero-order chi connectivity index (χ0) is 15.0. The molecule has 0 radical (unpaired) electrons. The van der Waals surface area contributed by atoms with Crippen LogP contribution in [0.1, 0.15) is 20.3 Å². The minimum Gasteiger partial charge on any atom is -0.373 e. The first-order valence-corrected chi connectivity index (χ1v) is 6.91. The fourth-order valence-corrected chi connectivity index (χ4v) is 1.90. The molecule has 1 rings (SSSR count). The molecule has 20 heavy (non-hydrogen) atoms. The summed E-state index contributed by atoms with van der Waals surface area (Å²) in [5, 5.41) is 16.8. The number of anilines is 2. The number of nitrogens with zero attached hydrogens (tertiary/aromatic N) is 3. The summed E-state index contributed by atoms with van der Waals surface area (Å²) in [6, 6.07) is 2.87. The number of nitro groups is 1. The Bertz CT molecular complexity index is 435. The maximum Gasteiger partial charge on any atom is 0.276 e. The Hall–Kier alpha value is -1.89. The van der Waals surface area contributed by atoms with Gasteiger partial charge in [0.15, 0.2) is 0 Å². The van der Waals surface area contributed by atoms with E-state index in [0.717, 1.165) is 32.6 Å². The van der Waals surface area contributed by atoms with Gasteiger partial charge in [-0.2, -0.15) is 0 Å². The molecule has 7 nitrogen and oxygen atoms in total. The quantitative estimate of drug-likeness (QED) is 0.410. The highest BCUT2D eigenvalue weighted by atomic mass is 16.6. The van der Waals surface area contributed by atoms with Gasteiger partial charge in [0, 0.05) is 13.6 Å². The van der Waals surface area contributed by atoms with Crippen molar-refractivity contribution < 1.29 is 4.92 Å². The fraction of sp³-hybridized carbons (Fsp3) is 0.615. The zero-order valence-electron chi connectivity index (χ0n) is 12.3. The molecule has 0 aliphatic heterocycles. The van der Waals surface area contributed by atoms with Crippen LogP contribution in [0.4, 0.5) is 17.3 Å².